The SMILES string of the molecule is COc1cccc(OC)c1-c1ccc(C(=O)NC2(C(=O)O)C3CC4CC(C3)CC2C4)nc1-c1ccc(Cl)c(OC2CCN(C)C2)c1.Cl. The number of carbonyl (C=O) groups excluding carboxylic acids is 1. The Kier molecular flexibility index (Phi) is 9.35. The van der Waals surface area contributed by atoms with Gasteiger partial charge in [0.2, 0.25) is 0 Å². The molecule has 1 aromatic heterocycles. The van der Waals surface area contributed by atoms with Gasteiger partial charge in [-0.25, -0.2) is 9.78 Å². The van der Waals surface area contributed by atoms with Gasteiger partial charge in [0.05, 0.1) is 30.5 Å². The number of nitrogens with one attached hydrogen (secondary N) is 1. The number of ether oxygens (including phenoxy) is 3. The first-order chi connectivity index (χ1) is 22.2. The quantitative estimate of drug-likeness (QED) is 0.260. The maximum Gasteiger partial charge on any atom is 0.330 e. The van der Waals surface area contributed by atoms with Crippen LogP contribution in [0.1, 0.15) is 49.0 Å². The molecule has 8 rings (SSSR count). The molecule has 1 unspecified atom stereocenters. The zero-order chi connectivity index (χ0) is 32.2. The number of benzene rings is 2. The summed E-state index contributed by atoms with van der Waals surface area (Å²) in [6.45, 7) is 1.74. The molecule has 47 heavy (non-hydrogen) atoms. The van der Waals surface area contributed by atoms with Crippen LogP contribution in [0.25, 0.3) is 22.4 Å². The lowest BCUT2D eigenvalue weighted by Crippen LogP contribution is -2.70. The van der Waals surface area contributed by atoms with Gasteiger partial charge in [-0.15, -0.1) is 12.4 Å². The molecule has 4 bridgehead atoms. The average Bonchev–Trinajstić information content (AvgIpc) is 3.46. The third-order valence-corrected chi connectivity index (χ3v) is 11.1. The van der Waals surface area contributed by atoms with Crippen LogP contribution in [-0.4, -0.2) is 72.9 Å². The maximum absolute atomic E-state index is 14.1. The number of aliphatic carboxylic acids is 1. The summed E-state index contributed by atoms with van der Waals surface area (Å²) >= 11 is 6.63. The van der Waals surface area contributed by atoms with E-state index in [9.17, 15) is 14.7 Å². The fourth-order valence-corrected chi connectivity index (χ4v) is 8.98. The standard InChI is InChI=1S/C36H40ClN3O6.ClH/c1-40-12-11-25(19-40)46-31-18-22(7-9-27(31)37)33-26(32-29(44-2)5-4-6-30(32)45-3)8-10-28(38-33)34(41)39-36(35(42)43)23-14-20-13-21(16-23)17-24(36)15-20;/h4-10,18,20-21,23-25H,11-17,19H2,1-3H3,(H,39,41)(H,42,43);1H. The third kappa shape index (κ3) is 5.91. The van der Waals surface area contributed by atoms with Gasteiger partial charge < -0.3 is 29.5 Å². The first-order valence-corrected chi connectivity index (χ1v) is 16.5. The minimum Gasteiger partial charge on any atom is -0.496 e. The number of amides is 1. The van der Waals surface area contributed by atoms with Crippen LogP contribution in [0.15, 0.2) is 48.5 Å². The van der Waals surface area contributed by atoms with Crippen molar-refractivity contribution in [1.29, 1.82) is 0 Å². The molecular formula is C36H41Cl2N3O6. The number of pyridine rings is 1. The Hall–Kier alpha value is -3.53. The average molecular weight is 683 g/mol. The molecule has 3 aromatic rings. The van der Waals surface area contributed by atoms with Crippen molar-refractivity contribution in [2.45, 2.75) is 50.2 Å². The van der Waals surface area contributed by atoms with E-state index in [0.29, 0.717) is 56.5 Å². The Morgan fingerprint density at radius 3 is 2.19 bits per heavy atom. The number of carbonyl (C=O) groups is 2. The van der Waals surface area contributed by atoms with Crippen LogP contribution in [-0.2, 0) is 4.79 Å². The second-order valence-electron chi connectivity index (χ2n) is 13.5. The number of likely N-dealkylation sites (tertiary alicyclic amines) is 1. The highest BCUT2D eigenvalue weighted by molar-refractivity contribution is 6.32. The predicted molar refractivity (Wildman–Crippen MR) is 182 cm³/mol. The van der Waals surface area contributed by atoms with Gasteiger partial charge in [0.25, 0.3) is 5.91 Å². The van der Waals surface area contributed by atoms with Crippen molar-refractivity contribution in [1.82, 2.24) is 15.2 Å². The molecule has 0 spiro atoms. The molecule has 0 radical (unpaired) electrons. The van der Waals surface area contributed by atoms with Crippen LogP contribution in [0, 0.1) is 23.7 Å². The number of hydrogen-bond acceptors (Lipinski definition) is 7. The molecule has 2 N–H and O–H groups in total. The molecule has 250 valence electrons. The Labute approximate surface area is 286 Å². The molecule has 9 nitrogen and oxygen atoms in total. The summed E-state index contributed by atoms with van der Waals surface area (Å²) in [6, 6.07) is 14.5. The molecule has 1 atom stereocenters. The van der Waals surface area contributed by atoms with Gasteiger partial charge in [-0.2, -0.15) is 0 Å². The number of likely N-dealkylation sites (N-methyl/N-ethyl adjacent to an activating group) is 1. The summed E-state index contributed by atoms with van der Waals surface area (Å²) in [6.07, 6.45) is 5.45. The van der Waals surface area contributed by atoms with Gasteiger partial charge in [-0.3, -0.25) is 4.79 Å². The number of halogens is 2. The maximum atomic E-state index is 14.1. The van der Waals surface area contributed by atoms with Crippen molar-refractivity contribution in [3.8, 4) is 39.6 Å². The van der Waals surface area contributed by atoms with Crippen molar-refractivity contribution >= 4 is 35.9 Å². The molecule has 1 aliphatic heterocycles. The number of nitrogens with zero attached hydrogens (tertiary/aromatic N) is 2. The molecule has 2 aromatic carbocycles. The van der Waals surface area contributed by atoms with Crippen molar-refractivity contribution in [3.05, 3.63) is 59.2 Å². The first kappa shape index (κ1) is 33.4. The summed E-state index contributed by atoms with van der Waals surface area (Å²) in [5, 5.41) is 14.2. The number of methoxy groups -OCH3 is 2. The summed E-state index contributed by atoms with van der Waals surface area (Å²) < 4.78 is 17.8. The van der Waals surface area contributed by atoms with Gasteiger partial charge in [0.15, 0.2) is 0 Å². The minimum absolute atomic E-state index is 0. The van der Waals surface area contributed by atoms with E-state index in [1.165, 1.54) is 6.42 Å². The fraction of sp³-hybridized carbons (Fsp3) is 0.472. The topological polar surface area (TPSA) is 110 Å². The van der Waals surface area contributed by atoms with Crippen molar-refractivity contribution in [2.75, 3.05) is 34.4 Å². The van der Waals surface area contributed by atoms with E-state index in [1.807, 2.05) is 36.4 Å². The van der Waals surface area contributed by atoms with Crippen LogP contribution >= 0.6 is 24.0 Å². The molecule has 1 saturated heterocycles. The summed E-state index contributed by atoms with van der Waals surface area (Å²) in [7, 11) is 5.25. The van der Waals surface area contributed by atoms with E-state index in [4.69, 9.17) is 30.8 Å². The van der Waals surface area contributed by atoms with Crippen molar-refractivity contribution < 1.29 is 28.9 Å². The van der Waals surface area contributed by atoms with E-state index >= 15 is 0 Å². The van der Waals surface area contributed by atoms with Crippen LogP contribution < -0.4 is 19.5 Å². The van der Waals surface area contributed by atoms with Crippen LogP contribution in [0.4, 0.5) is 0 Å². The molecular weight excluding hydrogens is 641 g/mol. The normalized spacial score (nSPS) is 27.6. The first-order valence-electron chi connectivity index (χ1n) is 16.1. The molecule has 4 aliphatic carbocycles. The molecule has 4 saturated carbocycles. The Morgan fingerprint density at radius 2 is 1.62 bits per heavy atom. The highest BCUT2D eigenvalue weighted by Crippen LogP contribution is 2.58. The van der Waals surface area contributed by atoms with Gasteiger partial charge >= 0.3 is 5.97 Å². The number of carboxylic acids is 1. The highest BCUT2D eigenvalue weighted by Gasteiger charge is 2.62. The molecule has 1 amide bonds. The van der Waals surface area contributed by atoms with Gasteiger partial charge in [-0.1, -0.05) is 23.7 Å². The number of aromatic nitrogens is 1. The van der Waals surface area contributed by atoms with Crippen molar-refractivity contribution in [2.24, 2.45) is 23.7 Å². The van der Waals surface area contributed by atoms with E-state index < -0.39 is 17.4 Å². The van der Waals surface area contributed by atoms with Crippen molar-refractivity contribution in [3.63, 3.8) is 0 Å². The molecule has 11 heteroatoms. The Morgan fingerprint density at radius 1 is 0.957 bits per heavy atom. The zero-order valence-electron chi connectivity index (χ0n) is 26.8. The van der Waals surface area contributed by atoms with E-state index in [0.717, 1.165) is 45.2 Å². The minimum atomic E-state index is -1.29. The van der Waals surface area contributed by atoms with Crippen LogP contribution in [0.2, 0.25) is 5.02 Å². The highest BCUT2D eigenvalue weighted by atomic mass is 35.5. The lowest BCUT2D eigenvalue weighted by atomic mass is 9.48. The van der Waals surface area contributed by atoms with Gasteiger partial charge in [0, 0.05) is 24.2 Å². The van der Waals surface area contributed by atoms with E-state index in [1.54, 1.807) is 26.4 Å². The zero-order valence-corrected chi connectivity index (χ0v) is 28.4. The van der Waals surface area contributed by atoms with Crippen LogP contribution in [0.5, 0.6) is 17.2 Å². The van der Waals surface area contributed by atoms with E-state index in [-0.39, 0.29) is 36.0 Å². The number of hydrogen-bond donors (Lipinski definition) is 2. The van der Waals surface area contributed by atoms with Gasteiger partial charge in [0.1, 0.15) is 34.6 Å². The molecule has 5 aliphatic rings. The fourth-order valence-electron chi connectivity index (χ4n) is 8.82. The second kappa shape index (κ2) is 13.2. The number of carboxylic acid groups (broad SMARTS) is 1. The lowest BCUT2D eigenvalue weighted by molar-refractivity contribution is -0.163. The molecule has 2 heterocycles. The smallest absolute Gasteiger partial charge is 0.330 e. The Balaban J connectivity index is 0.00000386. The van der Waals surface area contributed by atoms with Gasteiger partial charge in [-0.05, 0) is 106 Å². The summed E-state index contributed by atoms with van der Waals surface area (Å²) in [5.74, 6) is 1.22. The van der Waals surface area contributed by atoms with Crippen LogP contribution in [0.3, 0.4) is 0 Å². The second-order valence-corrected chi connectivity index (χ2v) is 13.9. The predicted octanol–water partition coefficient (Wildman–Crippen LogP) is 6.60. The Bertz CT molecular complexity index is 1630. The lowest BCUT2D eigenvalue weighted by Gasteiger charge is -2.59. The summed E-state index contributed by atoms with van der Waals surface area (Å²) in [4.78, 5) is 34.2. The largest absolute Gasteiger partial charge is 0.496 e. The number of rotatable bonds is 9. The monoisotopic (exact) mass is 681 g/mol. The summed E-state index contributed by atoms with van der Waals surface area (Å²) in [5.41, 5.74) is 1.40. The molecule has 5 fully saturated rings. The third-order valence-electron chi connectivity index (χ3n) is 10.8. The van der Waals surface area contributed by atoms with E-state index in [2.05, 4.69) is 17.3 Å².